The van der Waals surface area contributed by atoms with E-state index < -0.39 is 22.9 Å². The number of carbonyl (C=O) groups excluding carboxylic acids is 1. The number of nitrogens with two attached hydrogens (primary N) is 2. The molecular weight excluding hydrogens is 567 g/mol. The summed E-state index contributed by atoms with van der Waals surface area (Å²) in [6.45, 7) is 5.34. The van der Waals surface area contributed by atoms with Gasteiger partial charge in [0.15, 0.2) is 5.78 Å². The summed E-state index contributed by atoms with van der Waals surface area (Å²) in [4.78, 5) is 17.8. The quantitative estimate of drug-likeness (QED) is 0.139. The second-order valence-electron chi connectivity index (χ2n) is 9.74. The molecule has 0 radical (unpaired) electrons. The maximum atomic E-state index is 12.7. The number of nitrogens with zero attached hydrogens (tertiary/aromatic N) is 3. The van der Waals surface area contributed by atoms with Crippen LogP contribution in [-0.4, -0.2) is 32.2 Å². The van der Waals surface area contributed by atoms with E-state index in [9.17, 15) is 22.2 Å². The second-order valence-corrected chi connectivity index (χ2v) is 11.1. The average molecular weight is 598 g/mol. The summed E-state index contributed by atoms with van der Waals surface area (Å²) in [5.41, 5.74) is 9.55. The van der Waals surface area contributed by atoms with Crippen LogP contribution in [0.4, 0.5) is 18.9 Å². The van der Waals surface area contributed by atoms with E-state index in [1.807, 2.05) is 24.3 Å². The molecule has 0 aliphatic heterocycles. The van der Waals surface area contributed by atoms with E-state index in [-0.39, 0.29) is 17.4 Å². The van der Waals surface area contributed by atoms with E-state index in [0.717, 1.165) is 23.3 Å². The van der Waals surface area contributed by atoms with Crippen LogP contribution >= 0.6 is 0 Å². The van der Waals surface area contributed by atoms with Crippen LogP contribution in [-0.2, 0) is 10.8 Å². The molecule has 12 heteroatoms. The van der Waals surface area contributed by atoms with Gasteiger partial charge in [-0.1, -0.05) is 32.0 Å². The smallest absolute Gasteiger partial charge is 0.406 e. The minimum atomic E-state index is -4.83. The van der Waals surface area contributed by atoms with Crippen LogP contribution in [0.1, 0.15) is 35.7 Å². The first-order valence-corrected chi connectivity index (χ1v) is 14.4. The SMILES string of the molecule is Cc1nc(C(=O)C(C)C)cn1-c1ccc(-c2cccc(S(C)=O)c2)cc1N(N)/C(=C\N)c1ccc(OC(F)(F)F)cc1. The van der Waals surface area contributed by atoms with Crippen molar-refractivity contribution in [2.75, 3.05) is 11.3 Å². The van der Waals surface area contributed by atoms with Crippen LogP contribution in [0.15, 0.2) is 84.0 Å². The molecule has 220 valence electrons. The highest BCUT2D eigenvalue weighted by molar-refractivity contribution is 7.84. The number of aromatic nitrogens is 2. The first kappa shape index (κ1) is 30.5. The number of halogens is 3. The molecule has 0 aliphatic rings. The highest BCUT2D eigenvalue weighted by Gasteiger charge is 2.31. The fourth-order valence-electron chi connectivity index (χ4n) is 4.36. The standard InChI is InChI=1S/C30H30F3N5O3S/c1-18(2)29(39)25-17-37(19(3)36-25)26-13-10-22(21-6-5-7-24(14-21)42(4)40)15-27(26)38(35)28(16-34)20-8-11-23(12-9-20)41-30(31,32)33/h5-18H,34-35H2,1-4H3/b28-16-. The van der Waals surface area contributed by atoms with Gasteiger partial charge in [-0.25, -0.2) is 10.8 Å². The van der Waals surface area contributed by atoms with E-state index >= 15 is 0 Å². The number of hydrazine groups is 1. The Bertz CT molecular complexity index is 1660. The number of anilines is 1. The lowest BCUT2D eigenvalue weighted by Crippen LogP contribution is -2.31. The van der Waals surface area contributed by atoms with Crippen LogP contribution in [0.25, 0.3) is 22.5 Å². The molecule has 4 rings (SSSR count). The van der Waals surface area contributed by atoms with Crippen LogP contribution in [0, 0.1) is 12.8 Å². The number of alkyl halides is 3. The van der Waals surface area contributed by atoms with E-state index in [1.54, 1.807) is 56.0 Å². The molecule has 3 aromatic carbocycles. The third-order valence-electron chi connectivity index (χ3n) is 6.45. The molecule has 0 saturated heterocycles. The van der Waals surface area contributed by atoms with Gasteiger partial charge in [0.2, 0.25) is 0 Å². The van der Waals surface area contributed by atoms with E-state index in [4.69, 9.17) is 11.6 Å². The summed E-state index contributed by atoms with van der Waals surface area (Å²) in [5.74, 6) is 6.45. The van der Waals surface area contributed by atoms with E-state index in [0.29, 0.717) is 33.4 Å². The monoisotopic (exact) mass is 597 g/mol. The van der Waals surface area contributed by atoms with Crippen molar-refractivity contribution in [3.05, 3.63) is 96.2 Å². The van der Waals surface area contributed by atoms with Gasteiger partial charge in [-0.15, -0.1) is 13.2 Å². The third kappa shape index (κ3) is 6.72. The Kier molecular flexibility index (Phi) is 8.88. The summed E-state index contributed by atoms with van der Waals surface area (Å²) in [5, 5.41) is 1.31. The number of ketones is 1. The zero-order valence-electron chi connectivity index (χ0n) is 23.3. The van der Waals surface area contributed by atoms with Gasteiger partial charge >= 0.3 is 6.36 Å². The largest absolute Gasteiger partial charge is 0.573 e. The van der Waals surface area contributed by atoms with Crippen molar-refractivity contribution in [2.45, 2.75) is 32.0 Å². The Hall–Kier alpha value is -4.42. The number of aryl methyl sites for hydroxylation is 1. The lowest BCUT2D eigenvalue weighted by atomic mass is 10.0. The Morgan fingerprint density at radius 1 is 1.07 bits per heavy atom. The number of carbonyl (C=O) groups is 1. The Balaban J connectivity index is 1.85. The van der Waals surface area contributed by atoms with Crippen LogP contribution in [0.5, 0.6) is 5.75 Å². The maximum absolute atomic E-state index is 12.7. The summed E-state index contributed by atoms with van der Waals surface area (Å²) >= 11 is 0. The first-order valence-electron chi connectivity index (χ1n) is 12.8. The van der Waals surface area contributed by atoms with Crippen molar-refractivity contribution in [2.24, 2.45) is 17.5 Å². The topological polar surface area (TPSA) is 116 Å². The number of hydrogen-bond donors (Lipinski definition) is 2. The zero-order chi connectivity index (χ0) is 30.8. The maximum Gasteiger partial charge on any atom is 0.573 e. The predicted octanol–water partition coefficient (Wildman–Crippen LogP) is 5.96. The molecule has 0 saturated carbocycles. The number of rotatable bonds is 9. The molecule has 42 heavy (non-hydrogen) atoms. The minimum absolute atomic E-state index is 0.118. The highest BCUT2D eigenvalue weighted by Crippen LogP contribution is 2.35. The molecular formula is C30H30F3N5O3S. The average Bonchev–Trinajstić information content (AvgIpc) is 3.33. The van der Waals surface area contributed by atoms with Gasteiger partial charge in [-0.3, -0.25) is 14.0 Å². The Morgan fingerprint density at radius 3 is 2.33 bits per heavy atom. The molecule has 0 aliphatic carbocycles. The molecule has 1 heterocycles. The van der Waals surface area contributed by atoms with Crippen molar-refractivity contribution in [3.63, 3.8) is 0 Å². The van der Waals surface area contributed by atoms with Crippen molar-refractivity contribution < 1.29 is 26.9 Å². The lowest BCUT2D eigenvalue weighted by molar-refractivity contribution is -0.274. The Morgan fingerprint density at radius 2 is 1.74 bits per heavy atom. The molecule has 0 spiro atoms. The van der Waals surface area contributed by atoms with Crippen molar-refractivity contribution in [1.82, 2.24) is 9.55 Å². The van der Waals surface area contributed by atoms with E-state index in [2.05, 4.69) is 9.72 Å². The lowest BCUT2D eigenvalue weighted by Gasteiger charge is -2.26. The Labute approximate surface area is 243 Å². The highest BCUT2D eigenvalue weighted by atomic mass is 32.2. The molecule has 0 fully saturated rings. The molecule has 1 unspecified atom stereocenters. The molecule has 4 N–H and O–H groups in total. The van der Waals surface area contributed by atoms with Crippen molar-refractivity contribution in [1.29, 1.82) is 0 Å². The predicted molar refractivity (Wildman–Crippen MR) is 157 cm³/mol. The summed E-state index contributed by atoms with van der Waals surface area (Å²) in [6, 6.07) is 17.9. The molecule has 1 atom stereocenters. The number of ether oxygens (including phenoxy) is 1. The van der Waals surface area contributed by atoms with Gasteiger partial charge in [0.05, 0.1) is 17.1 Å². The van der Waals surface area contributed by atoms with E-state index in [1.165, 1.54) is 23.3 Å². The normalized spacial score (nSPS) is 12.8. The number of Topliss-reactive ketones (excluding diaryl/α,β-unsaturated/α-hetero) is 1. The van der Waals surface area contributed by atoms with Crippen molar-refractivity contribution in [3.8, 4) is 22.6 Å². The fourth-order valence-corrected chi connectivity index (χ4v) is 4.92. The number of benzene rings is 3. The van der Waals surface area contributed by atoms with Crippen LogP contribution in [0.3, 0.4) is 0 Å². The first-order chi connectivity index (χ1) is 19.8. The molecule has 1 aromatic heterocycles. The fraction of sp³-hybridized carbons (Fsp3) is 0.200. The van der Waals surface area contributed by atoms with Gasteiger partial charge in [-0.05, 0) is 66.6 Å². The third-order valence-corrected chi connectivity index (χ3v) is 7.37. The van der Waals surface area contributed by atoms with Crippen LogP contribution < -0.4 is 21.3 Å². The van der Waals surface area contributed by atoms with Gasteiger partial charge in [-0.2, -0.15) is 0 Å². The van der Waals surface area contributed by atoms with Gasteiger partial charge in [0.25, 0.3) is 0 Å². The molecule has 4 aromatic rings. The molecule has 0 amide bonds. The van der Waals surface area contributed by atoms with Crippen LogP contribution in [0.2, 0.25) is 0 Å². The summed E-state index contributed by atoms with van der Waals surface area (Å²) in [6.07, 6.45) is -0.356. The molecule has 0 bridgehead atoms. The zero-order valence-corrected chi connectivity index (χ0v) is 24.2. The summed E-state index contributed by atoms with van der Waals surface area (Å²) < 4.78 is 55.8. The minimum Gasteiger partial charge on any atom is -0.406 e. The van der Waals surface area contributed by atoms with Gasteiger partial charge in [0, 0.05) is 45.8 Å². The number of hydrogen-bond acceptors (Lipinski definition) is 7. The molecule has 8 nitrogen and oxygen atoms in total. The van der Waals surface area contributed by atoms with Gasteiger partial charge in [0.1, 0.15) is 17.3 Å². The number of imidazole rings is 1. The summed E-state index contributed by atoms with van der Waals surface area (Å²) in [7, 11) is -1.20. The van der Waals surface area contributed by atoms with Gasteiger partial charge < -0.3 is 15.0 Å². The van der Waals surface area contributed by atoms with Crippen molar-refractivity contribution >= 4 is 28.0 Å². The second kappa shape index (κ2) is 12.2.